The molecule has 0 bridgehead atoms. The Labute approximate surface area is 112 Å². The molecule has 5 nitrogen and oxygen atoms in total. The molecule has 1 atom stereocenters. The minimum absolute atomic E-state index is 0.126. The zero-order chi connectivity index (χ0) is 14.4. The fourth-order valence-electron chi connectivity index (χ4n) is 1.62. The monoisotopic (exact) mass is 265 g/mol. The fraction of sp³-hybridized carbons (Fsp3) is 0.429. The zero-order valence-corrected chi connectivity index (χ0v) is 11.4. The van der Waals surface area contributed by atoms with Crippen molar-refractivity contribution in [3.63, 3.8) is 0 Å². The van der Waals surface area contributed by atoms with Crippen molar-refractivity contribution in [2.45, 2.75) is 33.3 Å². The smallest absolute Gasteiger partial charge is 0.322 e. The highest BCUT2D eigenvalue weighted by molar-refractivity contribution is 5.81. The first kappa shape index (κ1) is 15.0. The number of carbonyl (C=O) groups excluding carboxylic acids is 1. The predicted octanol–water partition coefficient (Wildman–Crippen LogP) is 1.66. The van der Waals surface area contributed by atoms with Crippen LogP contribution >= 0.6 is 0 Å². The Morgan fingerprint density at radius 1 is 1.37 bits per heavy atom. The van der Waals surface area contributed by atoms with Crippen molar-refractivity contribution < 1.29 is 19.4 Å². The van der Waals surface area contributed by atoms with Crippen molar-refractivity contribution in [3.8, 4) is 5.75 Å². The second-order valence-electron chi connectivity index (χ2n) is 4.50. The maximum absolute atomic E-state index is 11.4. The van der Waals surface area contributed by atoms with E-state index in [1.807, 2.05) is 32.0 Å². The Morgan fingerprint density at radius 2 is 2.05 bits per heavy atom. The molecule has 0 spiro atoms. The van der Waals surface area contributed by atoms with Crippen LogP contribution in [0.4, 0.5) is 0 Å². The Morgan fingerprint density at radius 3 is 2.68 bits per heavy atom. The molecule has 104 valence electrons. The van der Waals surface area contributed by atoms with E-state index in [9.17, 15) is 9.59 Å². The molecule has 5 heteroatoms. The molecule has 0 radical (unpaired) electrons. The van der Waals surface area contributed by atoms with Gasteiger partial charge in [0.1, 0.15) is 18.4 Å². The highest BCUT2D eigenvalue weighted by atomic mass is 16.5. The summed E-state index contributed by atoms with van der Waals surface area (Å²) < 4.78 is 5.70. The molecule has 1 rings (SSSR count). The third kappa shape index (κ3) is 4.99. The molecule has 0 heterocycles. The van der Waals surface area contributed by atoms with Crippen LogP contribution in [0.3, 0.4) is 0 Å². The van der Waals surface area contributed by atoms with Crippen molar-refractivity contribution in [2.24, 2.45) is 0 Å². The molecule has 19 heavy (non-hydrogen) atoms. The van der Waals surface area contributed by atoms with Gasteiger partial charge >= 0.3 is 5.97 Å². The average Bonchev–Trinajstić information content (AvgIpc) is 2.32. The van der Waals surface area contributed by atoms with Crippen molar-refractivity contribution in [3.05, 3.63) is 29.3 Å². The van der Waals surface area contributed by atoms with E-state index < -0.39 is 5.97 Å². The maximum atomic E-state index is 11.4. The van der Waals surface area contributed by atoms with Crippen LogP contribution in [0.25, 0.3) is 0 Å². The number of hydrogen-bond donors (Lipinski definition) is 2. The van der Waals surface area contributed by atoms with E-state index in [0.29, 0.717) is 0 Å². The van der Waals surface area contributed by atoms with E-state index >= 15 is 0 Å². The van der Waals surface area contributed by atoms with E-state index in [0.717, 1.165) is 16.9 Å². The molecule has 0 aliphatic rings. The summed E-state index contributed by atoms with van der Waals surface area (Å²) in [6, 6.07) is 5.75. The summed E-state index contributed by atoms with van der Waals surface area (Å²) in [5.41, 5.74) is 2.17. The Balaban J connectivity index is 2.51. The van der Waals surface area contributed by atoms with Gasteiger partial charge in [0.05, 0.1) is 6.42 Å². The number of rotatable bonds is 6. The number of aliphatic carboxylic acids is 1. The first-order valence-corrected chi connectivity index (χ1v) is 6.11. The van der Waals surface area contributed by atoms with Gasteiger partial charge in [0.2, 0.25) is 5.91 Å². The molecule has 1 unspecified atom stereocenters. The number of hydrogen-bond acceptors (Lipinski definition) is 3. The molecule has 0 saturated carbocycles. The standard InChI is InChI=1S/C14H19NO4/c1-9-5-4-6-12(11(9)3)19-10(2)7-13(16)15-8-14(17)18/h4-6,10H,7-8H2,1-3H3,(H,15,16)(H,17,18). The topological polar surface area (TPSA) is 75.6 Å². The molecule has 0 saturated heterocycles. The van der Waals surface area contributed by atoms with Crippen molar-refractivity contribution >= 4 is 11.9 Å². The van der Waals surface area contributed by atoms with E-state index in [1.54, 1.807) is 6.92 Å². The lowest BCUT2D eigenvalue weighted by Crippen LogP contribution is -2.32. The fourth-order valence-corrected chi connectivity index (χ4v) is 1.62. The Bertz CT molecular complexity index is 471. The first-order valence-electron chi connectivity index (χ1n) is 6.11. The summed E-state index contributed by atoms with van der Waals surface area (Å²) >= 11 is 0. The van der Waals surface area contributed by atoms with Gasteiger partial charge in [0.15, 0.2) is 0 Å². The molecule has 0 aliphatic heterocycles. The second kappa shape index (κ2) is 6.78. The van der Waals surface area contributed by atoms with Crippen LogP contribution in [-0.2, 0) is 9.59 Å². The van der Waals surface area contributed by atoms with Crippen LogP contribution in [0.15, 0.2) is 18.2 Å². The summed E-state index contributed by atoms with van der Waals surface area (Å²) in [5.74, 6) is -0.643. The second-order valence-corrected chi connectivity index (χ2v) is 4.50. The van der Waals surface area contributed by atoms with Crippen LogP contribution in [0.5, 0.6) is 5.75 Å². The van der Waals surface area contributed by atoms with Crippen LogP contribution in [0.1, 0.15) is 24.5 Å². The molecule has 1 amide bonds. The number of benzene rings is 1. The molecule has 1 aromatic rings. The van der Waals surface area contributed by atoms with Crippen LogP contribution in [0.2, 0.25) is 0 Å². The highest BCUT2D eigenvalue weighted by Gasteiger charge is 2.12. The summed E-state index contributed by atoms with van der Waals surface area (Å²) in [6.45, 7) is 5.37. The lowest BCUT2D eigenvalue weighted by molar-refractivity contribution is -0.138. The number of ether oxygens (including phenoxy) is 1. The molecule has 0 fully saturated rings. The Hall–Kier alpha value is -2.04. The summed E-state index contributed by atoms with van der Waals surface area (Å²) in [6.07, 6.45) is -0.185. The van der Waals surface area contributed by atoms with Crippen molar-refractivity contribution in [1.82, 2.24) is 5.32 Å². The molecule has 0 aromatic heterocycles. The number of amides is 1. The third-order valence-corrected chi connectivity index (χ3v) is 2.79. The minimum Gasteiger partial charge on any atom is -0.490 e. The molecule has 0 aliphatic carbocycles. The molecular weight excluding hydrogens is 246 g/mol. The highest BCUT2D eigenvalue weighted by Crippen LogP contribution is 2.22. The van der Waals surface area contributed by atoms with Gasteiger partial charge in [-0.2, -0.15) is 0 Å². The van der Waals surface area contributed by atoms with Gasteiger partial charge in [-0.05, 0) is 38.0 Å². The van der Waals surface area contributed by atoms with Gasteiger partial charge in [-0.25, -0.2) is 0 Å². The Kier molecular flexibility index (Phi) is 5.36. The summed E-state index contributed by atoms with van der Waals surface area (Å²) in [4.78, 5) is 21.8. The van der Waals surface area contributed by atoms with Gasteiger partial charge in [0, 0.05) is 0 Å². The van der Waals surface area contributed by atoms with Gasteiger partial charge in [-0.3, -0.25) is 9.59 Å². The number of carbonyl (C=O) groups is 2. The lowest BCUT2D eigenvalue weighted by Gasteiger charge is -2.16. The molecular formula is C14H19NO4. The minimum atomic E-state index is -1.06. The quantitative estimate of drug-likeness (QED) is 0.820. The van der Waals surface area contributed by atoms with E-state index in [-0.39, 0.29) is 25.0 Å². The van der Waals surface area contributed by atoms with Crippen molar-refractivity contribution in [1.29, 1.82) is 0 Å². The summed E-state index contributed by atoms with van der Waals surface area (Å²) in [5, 5.41) is 10.8. The normalized spacial score (nSPS) is 11.7. The van der Waals surface area contributed by atoms with E-state index in [2.05, 4.69) is 5.32 Å². The number of carboxylic acids is 1. The largest absolute Gasteiger partial charge is 0.490 e. The third-order valence-electron chi connectivity index (χ3n) is 2.79. The van der Waals surface area contributed by atoms with Crippen LogP contribution in [-0.4, -0.2) is 29.6 Å². The van der Waals surface area contributed by atoms with Gasteiger partial charge in [-0.15, -0.1) is 0 Å². The number of aryl methyl sites for hydroxylation is 1. The molecule has 2 N–H and O–H groups in total. The zero-order valence-electron chi connectivity index (χ0n) is 11.4. The van der Waals surface area contributed by atoms with Gasteiger partial charge in [0.25, 0.3) is 0 Å². The van der Waals surface area contributed by atoms with E-state index in [4.69, 9.17) is 9.84 Å². The predicted molar refractivity (Wildman–Crippen MR) is 71.3 cm³/mol. The lowest BCUT2D eigenvalue weighted by atomic mass is 10.1. The number of nitrogens with one attached hydrogen (secondary N) is 1. The van der Waals surface area contributed by atoms with Gasteiger partial charge in [-0.1, -0.05) is 12.1 Å². The molecule has 1 aromatic carbocycles. The summed E-state index contributed by atoms with van der Waals surface area (Å²) in [7, 11) is 0. The number of carboxylic acid groups (broad SMARTS) is 1. The first-order chi connectivity index (χ1) is 8.90. The van der Waals surface area contributed by atoms with E-state index in [1.165, 1.54) is 0 Å². The SMILES string of the molecule is Cc1cccc(OC(C)CC(=O)NCC(=O)O)c1C. The van der Waals surface area contributed by atoms with Crippen LogP contribution in [0, 0.1) is 13.8 Å². The maximum Gasteiger partial charge on any atom is 0.322 e. The van der Waals surface area contributed by atoms with Gasteiger partial charge < -0.3 is 15.2 Å². The van der Waals surface area contributed by atoms with Crippen LogP contribution < -0.4 is 10.1 Å². The van der Waals surface area contributed by atoms with Crippen molar-refractivity contribution in [2.75, 3.05) is 6.54 Å². The average molecular weight is 265 g/mol.